The van der Waals surface area contributed by atoms with Crippen LogP contribution in [-0.2, 0) is 0 Å². The lowest BCUT2D eigenvalue weighted by Crippen LogP contribution is -2.19. The van der Waals surface area contributed by atoms with E-state index in [1.54, 1.807) is 0 Å². The third-order valence-electron chi connectivity index (χ3n) is 3.22. The largest absolute Gasteiger partial charge is 0.399 e. The Morgan fingerprint density at radius 3 is 3.07 bits per heavy atom. The van der Waals surface area contributed by atoms with Crippen LogP contribution in [0.5, 0.6) is 0 Å². The Labute approximate surface area is 92.1 Å². The molecular formula is C13H20N2. The highest BCUT2D eigenvalue weighted by Crippen LogP contribution is 2.27. The third-order valence-corrected chi connectivity index (χ3v) is 3.22. The number of hydrogen-bond acceptors (Lipinski definition) is 2. The summed E-state index contributed by atoms with van der Waals surface area (Å²) in [4.78, 5) is 2.46. The van der Waals surface area contributed by atoms with Gasteiger partial charge in [0.05, 0.1) is 0 Å². The maximum Gasteiger partial charge on any atom is 0.0386 e. The van der Waals surface area contributed by atoms with Gasteiger partial charge in [-0.2, -0.15) is 0 Å². The molecule has 1 saturated heterocycles. The molecule has 0 aromatic heterocycles. The lowest BCUT2D eigenvalue weighted by molar-refractivity contribution is 0.530. The Bertz CT molecular complexity index is 322. The molecule has 2 rings (SSSR count). The Morgan fingerprint density at radius 2 is 2.33 bits per heavy atom. The zero-order valence-electron chi connectivity index (χ0n) is 9.45. The molecule has 82 valence electrons. The van der Waals surface area contributed by atoms with E-state index < -0.39 is 0 Å². The fraction of sp³-hybridized carbons (Fsp3) is 0.538. The van der Waals surface area contributed by atoms with Crippen LogP contribution in [0.25, 0.3) is 0 Å². The smallest absolute Gasteiger partial charge is 0.0386 e. The van der Waals surface area contributed by atoms with Crippen LogP contribution in [0.2, 0.25) is 0 Å². The average Bonchev–Trinajstić information content (AvgIpc) is 2.67. The molecule has 0 spiro atoms. The van der Waals surface area contributed by atoms with E-state index in [2.05, 4.69) is 24.0 Å². The van der Waals surface area contributed by atoms with Gasteiger partial charge in [0.2, 0.25) is 0 Å². The van der Waals surface area contributed by atoms with Gasteiger partial charge in [0.1, 0.15) is 0 Å². The van der Waals surface area contributed by atoms with Gasteiger partial charge in [-0.1, -0.05) is 19.4 Å². The summed E-state index contributed by atoms with van der Waals surface area (Å²) in [6.45, 7) is 4.66. The second kappa shape index (κ2) is 4.56. The first-order chi connectivity index (χ1) is 7.29. The number of rotatable bonds is 3. The molecular weight excluding hydrogens is 184 g/mol. The summed E-state index contributed by atoms with van der Waals surface area (Å²) in [6.07, 6.45) is 4.00. The van der Waals surface area contributed by atoms with Crippen molar-refractivity contribution in [1.29, 1.82) is 0 Å². The van der Waals surface area contributed by atoms with E-state index >= 15 is 0 Å². The lowest BCUT2D eigenvalue weighted by atomic mass is 10.0. The summed E-state index contributed by atoms with van der Waals surface area (Å²) in [5, 5.41) is 0. The fourth-order valence-electron chi connectivity index (χ4n) is 2.43. The molecule has 0 aliphatic carbocycles. The van der Waals surface area contributed by atoms with E-state index in [0.717, 1.165) is 11.6 Å². The standard InChI is InChI=1S/C13H20N2/c1-2-4-11-7-8-15(10-11)13-6-3-5-12(14)9-13/h3,5-6,9,11H,2,4,7-8,10,14H2,1H3. The molecule has 1 aromatic rings. The number of anilines is 2. The number of nitrogens with zero attached hydrogens (tertiary/aromatic N) is 1. The van der Waals surface area contributed by atoms with Gasteiger partial charge < -0.3 is 10.6 Å². The summed E-state index contributed by atoms with van der Waals surface area (Å²) in [5.74, 6) is 0.886. The normalized spacial score (nSPS) is 20.9. The summed E-state index contributed by atoms with van der Waals surface area (Å²) in [5.41, 5.74) is 7.95. The zero-order chi connectivity index (χ0) is 10.7. The molecule has 15 heavy (non-hydrogen) atoms. The van der Waals surface area contributed by atoms with Crippen LogP contribution < -0.4 is 10.6 Å². The Kier molecular flexibility index (Phi) is 3.14. The van der Waals surface area contributed by atoms with Crippen molar-refractivity contribution in [1.82, 2.24) is 0 Å². The molecule has 1 unspecified atom stereocenters. The summed E-state index contributed by atoms with van der Waals surface area (Å²) < 4.78 is 0. The first-order valence-electron chi connectivity index (χ1n) is 5.90. The summed E-state index contributed by atoms with van der Waals surface area (Å²) in [7, 11) is 0. The predicted octanol–water partition coefficient (Wildman–Crippen LogP) is 2.90. The third kappa shape index (κ3) is 2.44. The minimum atomic E-state index is 0.867. The van der Waals surface area contributed by atoms with E-state index in [-0.39, 0.29) is 0 Å². The molecule has 0 saturated carbocycles. The summed E-state index contributed by atoms with van der Waals surface area (Å²) >= 11 is 0. The van der Waals surface area contributed by atoms with Crippen molar-refractivity contribution in [2.75, 3.05) is 23.7 Å². The summed E-state index contributed by atoms with van der Waals surface area (Å²) in [6, 6.07) is 8.22. The SMILES string of the molecule is CCCC1CCN(c2cccc(N)c2)C1. The van der Waals surface area contributed by atoms with Crippen LogP contribution in [0.1, 0.15) is 26.2 Å². The van der Waals surface area contributed by atoms with E-state index in [1.807, 2.05) is 12.1 Å². The van der Waals surface area contributed by atoms with Crippen LogP contribution >= 0.6 is 0 Å². The molecule has 0 amide bonds. The van der Waals surface area contributed by atoms with Crippen LogP contribution in [0.15, 0.2) is 24.3 Å². The number of nitrogens with two attached hydrogens (primary N) is 1. The zero-order valence-corrected chi connectivity index (χ0v) is 9.45. The highest BCUT2D eigenvalue weighted by atomic mass is 15.1. The molecule has 2 N–H and O–H groups in total. The Balaban J connectivity index is 2.01. The van der Waals surface area contributed by atoms with Crippen molar-refractivity contribution < 1.29 is 0 Å². The van der Waals surface area contributed by atoms with Gasteiger partial charge >= 0.3 is 0 Å². The van der Waals surface area contributed by atoms with E-state index in [4.69, 9.17) is 5.73 Å². The number of benzene rings is 1. The van der Waals surface area contributed by atoms with Crippen LogP contribution in [0, 0.1) is 5.92 Å². The van der Waals surface area contributed by atoms with Gasteiger partial charge in [0.15, 0.2) is 0 Å². The number of hydrogen-bond donors (Lipinski definition) is 1. The van der Waals surface area contributed by atoms with Crippen molar-refractivity contribution >= 4 is 11.4 Å². The highest BCUT2D eigenvalue weighted by molar-refractivity contribution is 5.56. The molecule has 1 aromatic carbocycles. The van der Waals surface area contributed by atoms with Gasteiger partial charge in [0, 0.05) is 24.5 Å². The van der Waals surface area contributed by atoms with Crippen LogP contribution in [-0.4, -0.2) is 13.1 Å². The molecule has 1 heterocycles. The molecule has 1 aliphatic rings. The molecule has 1 fully saturated rings. The maximum atomic E-state index is 5.79. The van der Waals surface area contributed by atoms with Gasteiger partial charge in [-0.25, -0.2) is 0 Å². The second-order valence-corrected chi connectivity index (χ2v) is 4.48. The topological polar surface area (TPSA) is 29.3 Å². The lowest BCUT2D eigenvalue weighted by Gasteiger charge is -2.18. The van der Waals surface area contributed by atoms with Gasteiger partial charge in [-0.05, 0) is 37.0 Å². The Hall–Kier alpha value is -1.18. The Morgan fingerprint density at radius 1 is 1.47 bits per heavy atom. The molecule has 0 bridgehead atoms. The molecule has 0 radical (unpaired) electrons. The molecule has 1 aliphatic heterocycles. The van der Waals surface area contributed by atoms with Gasteiger partial charge in [-0.15, -0.1) is 0 Å². The second-order valence-electron chi connectivity index (χ2n) is 4.48. The van der Waals surface area contributed by atoms with Crippen molar-refractivity contribution in [2.45, 2.75) is 26.2 Å². The number of nitrogen functional groups attached to an aromatic ring is 1. The molecule has 2 nitrogen and oxygen atoms in total. The highest BCUT2D eigenvalue weighted by Gasteiger charge is 2.21. The first kappa shape index (κ1) is 10.3. The minimum Gasteiger partial charge on any atom is -0.399 e. The van der Waals surface area contributed by atoms with Crippen molar-refractivity contribution in [3.8, 4) is 0 Å². The minimum absolute atomic E-state index is 0.867. The van der Waals surface area contributed by atoms with Crippen molar-refractivity contribution in [3.63, 3.8) is 0 Å². The van der Waals surface area contributed by atoms with Crippen molar-refractivity contribution in [2.24, 2.45) is 5.92 Å². The quantitative estimate of drug-likeness (QED) is 0.767. The maximum absolute atomic E-state index is 5.79. The predicted molar refractivity (Wildman–Crippen MR) is 66.1 cm³/mol. The molecule has 2 heteroatoms. The fourth-order valence-corrected chi connectivity index (χ4v) is 2.43. The van der Waals surface area contributed by atoms with Crippen LogP contribution in [0.4, 0.5) is 11.4 Å². The average molecular weight is 204 g/mol. The van der Waals surface area contributed by atoms with E-state index in [9.17, 15) is 0 Å². The van der Waals surface area contributed by atoms with Gasteiger partial charge in [0.25, 0.3) is 0 Å². The molecule has 1 atom stereocenters. The van der Waals surface area contributed by atoms with E-state index in [0.29, 0.717) is 0 Å². The van der Waals surface area contributed by atoms with Crippen molar-refractivity contribution in [3.05, 3.63) is 24.3 Å². The van der Waals surface area contributed by atoms with Gasteiger partial charge in [-0.3, -0.25) is 0 Å². The first-order valence-corrected chi connectivity index (χ1v) is 5.90. The van der Waals surface area contributed by atoms with Crippen LogP contribution in [0.3, 0.4) is 0 Å². The van der Waals surface area contributed by atoms with E-state index in [1.165, 1.54) is 38.0 Å². The monoisotopic (exact) mass is 204 g/mol.